The van der Waals surface area contributed by atoms with Crippen molar-refractivity contribution >= 4 is 34.3 Å². The third kappa shape index (κ3) is 3.30. The molecule has 99 valence electrons. The van der Waals surface area contributed by atoms with E-state index in [1.807, 2.05) is 11.8 Å². The van der Waals surface area contributed by atoms with Gasteiger partial charge in [0, 0.05) is 0 Å². The Balaban J connectivity index is 2.40. The summed E-state index contributed by atoms with van der Waals surface area (Å²) < 4.78 is 1.60. The van der Waals surface area contributed by atoms with E-state index < -0.39 is 0 Å². The summed E-state index contributed by atoms with van der Waals surface area (Å²) in [6, 6.07) is 8.92. The maximum atomic E-state index is 2.37. The summed E-state index contributed by atoms with van der Waals surface area (Å²) in [5.41, 5.74) is 3.15. The Kier molecular flexibility index (Phi) is 5.24. The number of rotatable bonds is 5. The van der Waals surface area contributed by atoms with Gasteiger partial charge in [-0.2, -0.15) is 0 Å². The summed E-state index contributed by atoms with van der Waals surface area (Å²) in [6.45, 7) is 6.98. The van der Waals surface area contributed by atoms with Gasteiger partial charge < -0.3 is 0 Å². The molecule has 0 nitrogen and oxygen atoms in total. The van der Waals surface area contributed by atoms with Gasteiger partial charge in [-0.1, -0.05) is 0 Å². The quantitative estimate of drug-likeness (QED) is 0.523. The van der Waals surface area contributed by atoms with Crippen molar-refractivity contribution in [3.63, 3.8) is 0 Å². The van der Waals surface area contributed by atoms with Gasteiger partial charge in [0.05, 0.1) is 0 Å². The van der Waals surface area contributed by atoms with Crippen LogP contribution in [0.2, 0.25) is 0 Å². The van der Waals surface area contributed by atoms with E-state index in [4.69, 9.17) is 0 Å². The number of benzene rings is 1. The van der Waals surface area contributed by atoms with Crippen LogP contribution in [0.3, 0.4) is 0 Å². The van der Waals surface area contributed by atoms with E-state index >= 15 is 0 Å². The van der Waals surface area contributed by atoms with Crippen LogP contribution < -0.4 is 0 Å². The molecule has 1 aromatic rings. The van der Waals surface area contributed by atoms with Gasteiger partial charge in [-0.3, -0.25) is 0 Å². The third-order valence-electron chi connectivity index (χ3n) is 3.63. The minimum absolute atomic E-state index is 0.128. The van der Waals surface area contributed by atoms with Crippen molar-refractivity contribution in [1.29, 1.82) is 0 Å². The standard InChI is InChI=1S/C17H21S.Sn/c1-4-13-18-16-12-8-7-11-15(16)17(2,3)14-9-5-6-10-14;/h5,7-9,11-12H,4,6,13H2,1-3H3;. The molecule has 2 heteroatoms. The van der Waals surface area contributed by atoms with Crippen molar-refractivity contribution in [3.05, 3.63) is 51.1 Å². The number of hydrogen-bond donors (Lipinski definition) is 0. The summed E-state index contributed by atoms with van der Waals surface area (Å²) in [5.74, 6) is 1.20. The second-order valence-electron chi connectivity index (χ2n) is 5.47. The predicted octanol–water partition coefficient (Wildman–Crippen LogP) is 4.85. The molecule has 2 rings (SSSR count). The van der Waals surface area contributed by atoms with Crippen LogP contribution in [0.15, 0.2) is 50.5 Å². The summed E-state index contributed by atoms with van der Waals surface area (Å²) in [4.78, 5) is 1.45. The zero-order valence-electron chi connectivity index (χ0n) is 12.0. The van der Waals surface area contributed by atoms with E-state index in [0.29, 0.717) is 0 Å². The SMILES string of the molecule is CCCSc1ccccc1C(C)(C)C1=[C]([Sn])CC=C1. The minimum atomic E-state index is 0.128. The first kappa shape index (κ1) is 15.2. The maximum absolute atomic E-state index is 2.37. The predicted molar refractivity (Wildman–Crippen MR) is 87.0 cm³/mol. The number of hydrogen-bond acceptors (Lipinski definition) is 1. The molecule has 0 spiro atoms. The van der Waals surface area contributed by atoms with E-state index in [2.05, 4.69) is 57.2 Å². The molecule has 1 aromatic carbocycles. The first-order valence-electron chi connectivity index (χ1n) is 6.91. The van der Waals surface area contributed by atoms with Crippen molar-refractivity contribution in [2.24, 2.45) is 0 Å². The monoisotopic (exact) mass is 377 g/mol. The molecule has 3 radical (unpaired) electrons. The zero-order chi connectivity index (χ0) is 13.9. The topological polar surface area (TPSA) is 0 Å². The molecule has 0 heterocycles. The number of allylic oxidation sites excluding steroid dienone is 4. The average molecular weight is 376 g/mol. The van der Waals surface area contributed by atoms with Gasteiger partial charge in [0.15, 0.2) is 0 Å². The van der Waals surface area contributed by atoms with Gasteiger partial charge in [-0.05, 0) is 0 Å². The molecule has 0 aliphatic heterocycles. The second kappa shape index (κ2) is 6.53. The van der Waals surface area contributed by atoms with Crippen LogP contribution in [0.4, 0.5) is 0 Å². The van der Waals surface area contributed by atoms with Gasteiger partial charge in [0.1, 0.15) is 0 Å². The van der Waals surface area contributed by atoms with E-state index in [1.54, 1.807) is 26.1 Å². The fourth-order valence-corrected chi connectivity index (χ4v) is 5.10. The first-order chi connectivity index (χ1) is 9.07. The van der Waals surface area contributed by atoms with Crippen LogP contribution in [0.1, 0.15) is 39.2 Å². The molecule has 0 unspecified atom stereocenters. The van der Waals surface area contributed by atoms with Crippen LogP contribution in [0.5, 0.6) is 0 Å². The van der Waals surface area contributed by atoms with Crippen LogP contribution in [-0.2, 0) is 5.41 Å². The molecule has 0 bridgehead atoms. The first-order valence-corrected chi connectivity index (χ1v) is 9.32. The Morgan fingerprint density at radius 1 is 1.26 bits per heavy atom. The second-order valence-corrected chi connectivity index (χ2v) is 8.33. The average Bonchev–Trinajstić information content (AvgIpc) is 2.83. The molecule has 0 atom stereocenters. The van der Waals surface area contributed by atoms with E-state index in [0.717, 1.165) is 6.42 Å². The summed E-state index contributed by atoms with van der Waals surface area (Å²) in [7, 11) is 0. The molecule has 0 amide bonds. The molecule has 1 aliphatic rings. The van der Waals surface area contributed by atoms with E-state index in [-0.39, 0.29) is 5.41 Å². The molecule has 1 aliphatic carbocycles. The Labute approximate surface area is 134 Å². The van der Waals surface area contributed by atoms with Crippen molar-refractivity contribution < 1.29 is 0 Å². The Bertz CT molecular complexity index is 512. The van der Waals surface area contributed by atoms with Crippen molar-refractivity contribution in [2.75, 3.05) is 5.75 Å². The normalized spacial score (nSPS) is 15.4. The number of thioether (sulfide) groups is 1. The molecule has 0 saturated carbocycles. The Morgan fingerprint density at radius 2 is 2.00 bits per heavy atom. The van der Waals surface area contributed by atoms with E-state index in [1.165, 1.54) is 28.2 Å². The van der Waals surface area contributed by atoms with Gasteiger partial charge in [-0.15, -0.1) is 0 Å². The molecule has 0 fully saturated rings. The Morgan fingerprint density at radius 3 is 2.63 bits per heavy atom. The zero-order valence-corrected chi connectivity index (χ0v) is 15.7. The fraction of sp³-hybridized carbons (Fsp3) is 0.412. The summed E-state index contributed by atoms with van der Waals surface area (Å²) in [5, 5.41) is 0. The fourth-order valence-electron chi connectivity index (χ4n) is 2.56. The van der Waals surface area contributed by atoms with Crippen LogP contribution in [0.25, 0.3) is 0 Å². The van der Waals surface area contributed by atoms with Crippen molar-refractivity contribution in [1.82, 2.24) is 0 Å². The molecular formula is C17H21SSn. The van der Waals surface area contributed by atoms with Crippen molar-refractivity contribution in [3.8, 4) is 0 Å². The summed E-state index contributed by atoms with van der Waals surface area (Å²) >= 11 is 3.56. The molecule has 0 aromatic heterocycles. The van der Waals surface area contributed by atoms with Crippen LogP contribution in [0, 0.1) is 0 Å². The van der Waals surface area contributed by atoms with Gasteiger partial charge in [0.25, 0.3) is 0 Å². The third-order valence-corrected chi connectivity index (χ3v) is 6.26. The van der Waals surface area contributed by atoms with Crippen LogP contribution >= 0.6 is 11.8 Å². The van der Waals surface area contributed by atoms with Gasteiger partial charge >= 0.3 is 135 Å². The molecule has 0 saturated heterocycles. The molecule has 0 N–H and O–H groups in total. The molecular weight excluding hydrogens is 355 g/mol. The van der Waals surface area contributed by atoms with E-state index in [9.17, 15) is 0 Å². The Hall–Kier alpha value is -0.151. The van der Waals surface area contributed by atoms with Crippen LogP contribution in [-0.4, -0.2) is 28.3 Å². The van der Waals surface area contributed by atoms with Gasteiger partial charge in [-0.25, -0.2) is 0 Å². The molecule has 19 heavy (non-hydrogen) atoms. The summed E-state index contributed by atoms with van der Waals surface area (Å²) in [6.07, 6.45) is 7.03. The van der Waals surface area contributed by atoms with Gasteiger partial charge in [0.2, 0.25) is 0 Å². The van der Waals surface area contributed by atoms with Crippen molar-refractivity contribution in [2.45, 2.75) is 43.9 Å².